The molecule has 1 saturated heterocycles. The Morgan fingerprint density at radius 1 is 1.53 bits per heavy atom. The molecule has 1 saturated carbocycles. The standard InChI is InChI=1S/C14H18N2O2S/c1-15(7-10-4-5-19-9-10)14(18)11-6-13(17)16(8-11)12-2-3-12/h4-5,9,11-12H,2-3,6-8H2,1H3/t11-/m0/s1. The summed E-state index contributed by atoms with van der Waals surface area (Å²) in [5.41, 5.74) is 1.16. The van der Waals surface area contributed by atoms with Crippen molar-refractivity contribution >= 4 is 23.2 Å². The van der Waals surface area contributed by atoms with Crippen molar-refractivity contribution in [2.24, 2.45) is 5.92 Å². The van der Waals surface area contributed by atoms with Crippen molar-refractivity contribution < 1.29 is 9.59 Å². The summed E-state index contributed by atoms with van der Waals surface area (Å²) in [6.07, 6.45) is 2.61. The van der Waals surface area contributed by atoms with Gasteiger partial charge in [-0.25, -0.2) is 0 Å². The maximum Gasteiger partial charge on any atom is 0.228 e. The summed E-state index contributed by atoms with van der Waals surface area (Å²) in [5.74, 6) is 0.115. The van der Waals surface area contributed by atoms with Crippen LogP contribution in [0.25, 0.3) is 0 Å². The minimum Gasteiger partial charge on any atom is -0.341 e. The van der Waals surface area contributed by atoms with Gasteiger partial charge in [0.15, 0.2) is 0 Å². The van der Waals surface area contributed by atoms with E-state index in [1.54, 1.807) is 16.2 Å². The van der Waals surface area contributed by atoms with Gasteiger partial charge in [0, 0.05) is 32.6 Å². The average molecular weight is 278 g/mol. The maximum atomic E-state index is 12.4. The van der Waals surface area contributed by atoms with E-state index in [-0.39, 0.29) is 17.7 Å². The lowest BCUT2D eigenvalue weighted by molar-refractivity contribution is -0.135. The number of likely N-dealkylation sites (tertiary alicyclic amines) is 1. The van der Waals surface area contributed by atoms with Gasteiger partial charge in [-0.1, -0.05) is 0 Å². The second-order valence-electron chi connectivity index (χ2n) is 5.50. The van der Waals surface area contributed by atoms with E-state index in [2.05, 4.69) is 5.38 Å². The molecule has 2 aliphatic rings. The lowest BCUT2D eigenvalue weighted by Gasteiger charge is -2.21. The summed E-state index contributed by atoms with van der Waals surface area (Å²) >= 11 is 1.64. The summed E-state index contributed by atoms with van der Waals surface area (Å²) in [6, 6.07) is 2.46. The van der Waals surface area contributed by atoms with E-state index in [1.165, 1.54) is 0 Å². The minimum atomic E-state index is -0.142. The van der Waals surface area contributed by atoms with Gasteiger partial charge in [0.1, 0.15) is 0 Å². The van der Waals surface area contributed by atoms with Gasteiger partial charge in [-0.15, -0.1) is 0 Å². The van der Waals surface area contributed by atoms with Crippen molar-refractivity contribution in [1.82, 2.24) is 9.80 Å². The maximum absolute atomic E-state index is 12.4. The first-order valence-corrected chi connectivity index (χ1v) is 7.65. The Bertz CT molecular complexity index is 482. The van der Waals surface area contributed by atoms with Crippen LogP contribution in [0.15, 0.2) is 16.8 Å². The summed E-state index contributed by atoms with van der Waals surface area (Å²) in [6.45, 7) is 1.26. The van der Waals surface area contributed by atoms with Crippen LogP contribution >= 0.6 is 11.3 Å². The number of thiophene rings is 1. The molecule has 2 amide bonds. The molecule has 1 aromatic heterocycles. The fraction of sp³-hybridized carbons (Fsp3) is 0.571. The number of rotatable bonds is 4. The zero-order chi connectivity index (χ0) is 13.4. The van der Waals surface area contributed by atoms with Gasteiger partial charge < -0.3 is 9.80 Å². The summed E-state index contributed by atoms with van der Waals surface area (Å²) < 4.78 is 0. The molecule has 0 radical (unpaired) electrons. The first-order chi connectivity index (χ1) is 9.15. The highest BCUT2D eigenvalue weighted by Gasteiger charge is 2.42. The minimum absolute atomic E-state index is 0.0997. The smallest absolute Gasteiger partial charge is 0.228 e. The Balaban J connectivity index is 1.59. The molecule has 1 aromatic rings. The van der Waals surface area contributed by atoms with Crippen LogP contribution in [0, 0.1) is 5.92 Å². The Morgan fingerprint density at radius 3 is 2.95 bits per heavy atom. The van der Waals surface area contributed by atoms with Gasteiger partial charge >= 0.3 is 0 Å². The van der Waals surface area contributed by atoms with Gasteiger partial charge in [-0.3, -0.25) is 9.59 Å². The Hall–Kier alpha value is -1.36. The molecule has 5 heteroatoms. The van der Waals surface area contributed by atoms with E-state index < -0.39 is 0 Å². The van der Waals surface area contributed by atoms with E-state index in [1.807, 2.05) is 23.4 Å². The predicted octanol–water partition coefficient (Wildman–Crippen LogP) is 1.72. The predicted molar refractivity (Wildman–Crippen MR) is 73.6 cm³/mol. The Morgan fingerprint density at radius 2 is 2.32 bits per heavy atom. The van der Waals surface area contributed by atoms with Crippen LogP contribution in [0.3, 0.4) is 0 Å². The molecule has 2 fully saturated rings. The van der Waals surface area contributed by atoms with E-state index in [0.29, 0.717) is 25.6 Å². The van der Waals surface area contributed by atoms with Crippen molar-refractivity contribution in [1.29, 1.82) is 0 Å². The van der Waals surface area contributed by atoms with Crippen LogP contribution in [-0.4, -0.2) is 41.2 Å². The topological polar surface area (TPSA) is 40.6 Å². The van der Waals surface area contributed by atoms with E-state index in [9.17, 15) is 9.59 Å². The zero-order valence-corrected chi connectivity index (χ0v) is 11.9. The first kappa shape index (κ1) is 12.7. The molecule has 0 bridgehead atoms. The third kappa shape index (κ3) is 2.66. The first-order valence-electron chi connectivity index (χ1n) is 6.70. The number of hydrogen-bond donors (Lipinski definition) is 0. The highest BCUT2D eigenvalue weighted by atomic mass is 32.1. The van der Waals surface area contributed by atoms with Crippen molar-refractivity contribution in [2.75, 3.05) is 13.6 Å². The fourth-order valence-corrected chi connectivity index (χ4v) is 3.34. The van der Waals surface area contributed by atoms with Gasteiger partial charge in [0.25, 0.3) is 0 Å². The molecular formula is C14H18N2O2S. The largest absolute Gasteiger partial charge is 0.341 e. The second kappa shape index (κ2) is 4.96. The van der Waals surface area contributed by atoms with Crippen molar-refractivity contribution in [2.45, 2.75) is 31.8 Å². The highest BCUT2D eigenvalue weighted by Crippen LogP contribution is 2.33. The number of carbonyl (C=O) groups excluding carboxylic acids is 2. The van der Waals surface area contributed by atoms with Crippen LogP contribution in [0.5, 0.6) is 0 Å². The molecule has 0 aromatic carbocycles. The third-order valence-corrected chi connectivity index (χ3v) is 4.60. The summed E-state index contributed by atoms with van der Waals surface area (Å²) in [5, 5.41) is 4.07. The number of hydrogen-bond acceptors (Lipinski definition) is 3. The van der Waals surface area contributed by atoms with Crippen LogP contribution in [-0.2, 0) is 16.1 Å². The molecular weight excluding hydrogens is 260 g/mol. The molecule has 4 nitrogen and oxygen atoms in total. The molecule has 1 aliphatic carbocycles. The second-order valence-corrected chi connectivity index (χ2v) is 6.28. The summed E-state index contributed by atoms with van der Waals surface area (Å²) in [7, 11) is 1.82. The van der Waals surface area contributed by atoms with Gasteiger partial charge in [-0.05, 0) is 35.2 Å². The average Bonchev–Trinajstić information content (AvgIpc) is 2.96. The summed E-state index contributed by atoms with van der Waals surface area (Å²) in [4.78, 5) is 27.9. The van der Waals surface area contributed by atoms with Crippen LogP contribution in [0.2, 0.25) is 0 Å². The molecule has 102 valence electrons. The molecule has 1 aliphatic heterocycles. The molecule has 2 heterocycles. The fourth-order valence-electron chi connectivity index (χ4n) is 2.68. The van der Waals surface area contributed by atoms with Crippen LogP contribution in [0.4, 0.5) is 0 Å². The highest BCUT2D eigenvalue weighted by molar-refractivity contribution is 7.07. The monoisotopic (exact) mass is 278 g/mol. The Kier molecular flexibility index (Phi) is 3.31. The Labute approximate surface area is 117 Å². The molecule has 19 heavy (non-hydrogen) atoms. The van der Waals surface area contributed by atoms with Crippen LogP contribution < -0.4 is 0 Å². The SMILES string of the molecule is CN(Cc1ccsc1)C(=O)[C@H]1CC(=O)N(C2CC2)C1. The van der Waals surface area contributed by atoms with Crippen molar-refractivity contribution in [3.05, 3.63) is 22.4 Å². The lowest BCUT2D eigenvalue weighted by Crippen LogP contribution is -2.34. The number of carbonyl (C=O) groups is 2. The normalized spacial score (nSPS) is 22.9. The molecule has 0 N–H and O–H groups in total. The third-order valence-electron chi connectivity index (χ3n) is 3.87. The molecule has 0 spiro atoms. The van der Waals surface area contributed by atoms with Crippen LogP contribution in [0.1, 0.15) is 24.8 Å². The lowest BCUT2D eigenvalue weighted by atomic mass is 10.1. The molecule has 3 rings (SSSR count). The number of amides is 2. The quantitative estimate of drug-likeness (QED) is 0.841. The molecule has 0 unspecified atom stereocenters. The van der Waals surface area contributed by atoms with E-state index in [4.69, 9.17) is 0 Å². The van der Waals surface area contributed by atoms with Crippen molar-refractivity contribution in [3.8, 4) is 0 Å². The van der Waals surface area contributed by atoms with Gasteiger partial charge in [0.05, 0.1) is 5.92 Å². The zero-order valence-electron chi connectivity index (χ0n) is 11.0. The molecule has 1 atom stereocenters. The number of nitrogens with zero attached hydrogens (tertiary/aromatic N) is 2. The van der Waals surface area contributed by atoms with Gasteiger partial charge in [0.2, 0.25) is 11.8 Å². The van der Waals surface area contributed by atoms with E-state index in [0.717, 1.165) is 18.4 Å². The van der Waals surface area contributed by atoms with E-state index >= 15 is 0 Å². The van der Waals surface area contributed by atoms with Gasteiger partial charge in [-0.2, -0.15) is 11.3 Å². The van der Waals surface area contributed by atoms with Crippen molar-refractivity contribution in [3.63, 3.8) is 0 Å².